The van der Waals surface area contributed by atoms with Crippen LogP contribution >= 0.6 is 18.9 Å². The number of benzene rings is 1. The lowest BCUT2D eigenvalue weighted by atomic mass is 10.3. The standard InChI is InChI=1S/C16H20NO4PS/c1-4-20-22(18,21-5-2)16(15-7-6-12-23-15)17-13-8-10-14(19-3)11-9-13/h6-12H,4-5H2,1-3H3. The van der Waals surface area contributed by atoms with Crippen molar-refractivity contribution in [2.45, 2.75) is 13.8 Å². The van der Waals surface area contributed by atoms with E-state index in [1.54, 1.807) is 45.2 Å². The van der Waals surface area contributed by atoms with Gasteiger partial charge in [-0.15, -0.1) is 11.3 Å². The smallest absolute Gasteiger partial charge is 0.381 e. The van der Waals surface area contributed by atoms with Crippen molar-refractivity contribution in [3.8, 4) is 5.75 Å². The molecule has 0 atom stereocenters. The first kappa shape index (κ1) is 17.9. The summed E-state index contributed by atoms with van der Waals surface area (Å²) in [6.45, 7) is 4.13. The van der Waals surface area contributed by atoms with Crippen molar-refractivity contribution < 1.29 is 18.3 Å². The lowest BCUT2D eigenvalue weighted by Crippen LogP contribution is -2.07. The number of thiophene rings is 1. The summed E-state index contributed by atoms with van der Waals surface area (Å²) in [6.07, 6.45) is 0. The zero-order valence-electron chi connectivity index (χ0n) is 13.4. The van der Waals surface area contributed by atoms with Gasteiger partial charge >= 0.3 is 7.60 Å². The lowest BCUT2D eigenvalue weighted by molar-refractivity contribution is 0.232. The van der Waals surface area contributed by atoms with Crippen molar-refractivity contribution >= 4 is 30.1 Å². The second-order valence-corrected chi connectivity index (χ2v) is 7.33. The first-order chi connectivity index (χ1) is 11.1. The minimum Gasteiger partial charge on any atom is -0.497 e. The summed E-state index contributed by atoms with van der Waals surface area (Å²) in [6, 6.07) is 10.9. The molecule has 0 aliphatic heterocycles. The minimum atomic E-state index is -3.47. The van der Waals surface area contributed by atoms with Crippen molar-refractivity contribution in [3.63, 3.8) is 0 Å². The van der Waals surface area contributed by atoms with Crippen LogP contribution in [0.15, 0.2) is 46.8 Å². The summed E-state index contributed by atoms with van der Waals surface area (Å²) in [4.78, 5) is 5.31. The van der Waals surface area contributed by atoms with Crippen LogP contribution in [0.25, 0.3) is 0 Å². The molecule has 0 saturated heterocycles. The number of aliphatic imine (C=N–C) groups is 1. The maximum atomic E-state index is 13.1. The number of hydrogen-bond acceptors (Lipinski definition) is 6. The van der Waals surface area contributed by atoms with E-state index in [0.717, 1.165) is 10.6 Å². The molecule has 0 fully saturated rings. The van der Waals surface area contributed by atoms with Gasteiger partial charge in [-0.1, -0.05) is 6.07 Å². The second kappa shape index (κ2) is 8.41. The average Bonchev–Trinajstić information content (AvgIpc) is 3.07. The Labute approximate surface area is 140 Å². The van der Waals surface area contributed by atoms with Crippen molar-refractivity contribution in [2.24, 2.45) is 4.99 Å². The number of ether oxygens (including phenoxy) is 1. The first-order valence-electron chi connectivity index (χ1n) is 7.29. The van der Waals surface area contributed by atoms with E-state index in [2.05, 4.69) is 4.99 Å². The van der Waals surface area contributed by atoms with Gasteiger partial charge in [-0.05, 0) is 49.6 Å². The van der Waals surface area contributed by atoms with Crippen LogP contribution in [0.3, 0.4) is 0 Å². The van der Waals surface area contributed by atoms with Gasteiger partial charge in [0.1, 0.15) is 5.75 Å². The van der Waals surface area contributed by atoms with Crippen LogP contribution in [0.2, 0.25) is 0 Å². The zero-order valence-corrected chi connectivity index (χ0v) is 15.1. The van der Waals surface area contributed by atoms with Crippen LogP contribution in [0, 0.1) is 0 Å². The molecule has 2 rings (SSSR count). The lowest BCUT2D eigenvalue weighted by Gasteiger charge is -2.18. The monoisotopic (exact) mass is 353 g/mol. The average molecular weight is 353 g/mol. The molecule has 1 aromatic carbocycles. The Kier molecular flexibility index (Phi) is 6.54. The third-order valence-electron chi connectivity index (χ3n) is 2.91. The van der Waals surface area contributed by atoms with E-state index in [9.17, 15) is 4.57 Å². The highest BCUT2D eigenvalue weighted by atomic mass is 32.1. The highest BCUT2D eigenvalue weighted by Crippen LogP contribution is 2.53. The van der Waals surface area contributed by atoms with Crippen molar-refractivity contribution in [1.29, 1.82) is 0 Å². The van der Waals surface area contributed by atoms with E-state index < -0.39 is 7.60 Å². The maximum Gasteiger partial charge on any atom is 0.381 e. The SMILES string of the molecule is CCOP(=O)(OCC)C(=Nc1ccc(OC)cc1)c1cccs1. The quantitative estimate of drug-likeness (QED) is 0.489. The molecule has 0 spiro atoms. The summed E-state index contributed by atoms with van der Waals surface area (Å²) >= 11 is 1.45. The Morgan fingerprint density at radius 3 is 2.26 bits per heavy atom. The van der Waals surface area contributed by atoms with Gasteiger partial charge in [0.2, 0.25) is 0 Å². The van der Waals surface area contributed by atoms with Crippen LogP contribution in [0.1, 0.15) is 18.7 Å². The number of nitrogens with zero attached hydrogens (tertiary/aromatic N) is 1. The van der Waals surface area contributed by atoms with E-state index >= 15 is 0 Å². The van der Waals surface area contributed by atoms with Gasteiger partial charge in [0.25, 0.3) is 0 Å². The Morgan fingerprint density at radius 1 is 1.13 bits per heavy atom. The Balaban J connectivity index is 2.48. The number of methoxy groups -OCH3 is 1. The molecule has 0 aliphatic rings. The third kappa shape index (κ3) is 4.52. The molecule has 124 valence electrons. The summed E-state index contributed by atoms with van der Waals surface area (Å²) in [5, 5.41) is 1.90. The Hall–Kier alpha value is -1.46. The highest BCUT2D eigenvalue weighted by Gasteiger charge is 2.33. The van der Waals surface area contributed by atoms with Gasteiger partial charge < -0.3 is 13.8 Å². The molecule has 0 aliphatic carbocycles. The van der Waals surface area contributed by atoms with E-state index in [4.69, 9.17) is 13.8 Å². The molecule has 0 unspecified atom stereocenters. The molecule has 7 heteroatoms. The Morgan fingerprint density at radius 2 is 1.78 bits per heavy atom. The molecule has 0 radical (unpaired) electrons. The van der Waals surface area contributed by atoms with Crippen LogP contribution in [0.4, 0.5) is 5.69 Å². The molecular weight excluding hydrogens is 333 g/mol. The molecule has 2 aromatic rings. The number of hydrogen-bond donors (Lipinski definition) is 0. The second-order valence-electron chi connectivity index (χ2n) is 4.44. The van der Waals surface area contributed by atoms with Crippen LogP contribution in [0.5, 0.6) is 5.75 Å². The van der Waals surface area contributed by atoms with E-state index in [-0.39, 0.29) is 13.2 Å². The summed E-state index contributed by atoms with van der Waals surface area (Å²) < 4.78 is 29.2. The van der Waals surface area contributed by atoms with Crippen molar-refractivity contribution in [1.82, 2.24) is 0 Å². The normalized spacial score (nSPS) is 12.4. The van der Waals surface area contributed by atoms with Gasteiger partial charge in [0.05, 0.1) is 30.9 Å². The van der Waals surface area contributed by atoms with Crippen LogP contribution < -0.4 is 4.74 Å². The topological polar surface area (TPSA) is 57.1 Å². The molecule has 0 bridgehead atoms. The highest BCUT2D eigenvalue weighted by molar-refractivity contribution is 7.73. The molecule has 0 N–H and O–H groups in total. The molecule has 23 heavy (non-hydrogen) atoms. The number of rotatable bonds is 8. The molecule has 1 aromatic heterocycles. The zero-order chi connectivity index (χ0) is 16.7. The predicted octanol–water partition coefficient (Wildman–Crippen LogP) is 5.10. The van der Waals surface area contributed by atoms with Gasteiger partial charge in [-0.25, -0.2) is 4.99 Å². The van der Waals surface area contributed by atoms with Gasteiger partial charge in [0.15, 0.2) is 5.45 Å². The fourth-order valence-corrected chi connectivity index (χ4v) is 4.62. The molecule has 1 heterocycles. The van der Waals surface area contributed by atoms with Gasteiger partial charge in [-0.2, -0.15) is 0 Å². The minimum absolute atomic E-state index is 0.282. The third-order valence-corrected chi connectivity index (χ3v) is 5.99. The molecule has 5 nitrogen and oxygen atoms in total. The van der Waals surface area contributed by atoms with Crippen LogP contribution in [-0.4, -0.2) is 25.8 Å². The van der Waals surface area contributed by atoms with Crippen molar-refractivity contribution in [3.05, 3.63) is 46.7 Å². The fourth-order valence-electron chi connectivity index (χ4n) is 1.94. The molecule has 0 amide bonds. The van der Waals surface area contributed by atoms with Gasteiger partial charge in [0, 0.05) is 0 Å². The maximum absolute atomic E-state index is 13.1. The van der Waals surface area contributed by atoms with Gasteiger partial charge in [-0.3, -0.25) is 4.57 Å². The van der Waals surface area contributed by atoms with Crippen LogP contribution in [-0.2, 0) is 13.6 Å². The summed E-state index contributed by atoms with van der Waals surface area (Å²) in [5.74, 6) is 0.736. The fraction of sp³-hybridized carbons (Fsp3) is 0.312. The Bertz CT molecular complexity index is 673. The molecule has 0 saturated carbocycles. The summed E-state index contributed by atoms with van der Waals surface area (Å²) in [5.41, 5.74) is 0.996. The largest absolute Gasteiger partial charge is 0.497 e. The van der Waals surface area contributed by atoms with E-state index in [1.165, 1.54) is 11.3 Å². The molecular formula is C16H20NO4PS. The predicted molar refractivity (Wildman–Crippen MR) is 94.4 cm³/mol. The first-order valence-corrected chi connectivity index (χ1v) is 9.71. The summed E-state index contributed by atoms with van der Waals surface area (Å²) in [7, 11) is -1.87. The van der Waals surface area contributed by atoms with E-state index in [0.29, 0.717) is 11.1 Å². The van der Waals surface area contributed by atoms with E-state index in [1.807, 2.05) is 17.5 Å². The van der Waals surface area contributed by atoms with Crippen molar-refractivity contribution in [2.75, 3.05) is 20.3 Å².